The van der Waals surface area contributed by atoms with Gasteiger partial charge in [-0.05, 0) is 23.2 Å². The van der Waals surface area contributed by atoms with E-state index in [4.69, 9.17) is 0 Å². The van der Waals surface area contributed by atoms with Crippen molar-refractivity contribution in [2.75, 3.05) is 12.4 Å². The van der Waals surface area contributed by atoms with Crippen molar-refractivity contribution in [2.45, 2.75) is 19.6 Å². The normalized spacial score (nSPS) is 13.1. The van der Waals surface area contributed by atoms with Crippen molar-refractivity contribution in [1.29, 1.82) is 0 Å². The summed E-state index contributed by atoms with van der Waals surface area (Å²) in [7, 11) is 0. The van der Waals surface area contributed by atoms with Gasteiger partial charge in [0.15, 0.2) is 0 Å². The molecular weight excluding hydrogens is 204 g/mol. The molecule has 1 atom stereocenters. The van der Waals surface area contributed by atoms with E-state index in [1.807, 2.05) is 17.8 Å². The Bertz CT molecular complexity index is 258. The van der Waals surface area contributed by atoms with Crippen LogP contribution in [0, 0.1) is 11.8 Å². The van der Waals surface area contributed by atoms with Gasteiger partial charge < -0.3 is 5.11 Å². The van der Waals surface area contributed by atoms with Gasteiger partial charge in [0, 0.05) is 12.4 Å². The lowest BCUT2D eigenvalue weighted by Gasteiger charge is -2.17. The third kappa shape index (κ3) is 4.72. The van der Waals surface area contributed by atoms with Crippen LogP contribution in [0.1, 0.15) is 19.4 Å². The van der Waals surface area contributed by atoms with Gasteiger partial charge in [-0.25, -0.2) is 0 Å². The van der Waals surface area contributed by atoms with E-state index < -0.39 is 0 Å². The van der Waals surface area contributed by atoms with Crippen LogP contribution in [0.15, 0.2) is 30.3 Å². The van der Waals surface area contributed by atoms with Crippen LogP contribution < -0.4 is 0 Å². The highest BCUT2D eigenvalue weighted by Crippen LogP contribution is 2.19. The number of hydrogen-bond acceptors (Lipinski definition) is 2. The molecule has 0 radical (unpaired) electrons. The molecule has 1 aromatic rings. The zero-order chi connectivity index (χ0) is 11.1. The molecule has 0 aliphatic heterocycles. The highest BCUT2D eigenvalue weighted by molar-refractivity contribution is 7.98. The minimum Gasteiger partial charge on any atom is -0.396 e. The van der Waals surface area contributed by atoms with Crippen LogP contribution in [0.2, 0.25) is 0 Å². The van der Waals surface area contributed by atoms with E-state index in [9.17, 15) is 5.11 Å². The largest absolute Gasteiger partial charge is 0.396 e. The fourth-order valence-electron chi connectivity index (χ4n) is 1.36. The second-order valence-electron chi connectivity index (χ2n) is 4.19. The second kappa shape index (κ2) is 6.91. The monoisotopic (exact) mass is 224 g/mol. The van der Waals surface area contributed by atoms with Crippen molar-refractivity contribution in [2.24, 2.45) is 11.8 Å². The molecule has 84 valence electrons. The molecule has 0 aliphatic rings. The highest BCUT2D eigenvalue weighted by atomic mass is 32.2. The molecule has 0 heterocycles. The lowest BCUT2D eigenvalue weighted by molar-refractivity contribution is 0.206. The fourth-order valence-corrected chi connectivity index (χ4v) is 2.70. The Morgan fingerprint density at radius 1 is 1.20 bits per heavy atom. The standard InChI is InChI=1S/C13H20OS/c1-11(2)13(8-14)10-15-9-12-6-4-3-5-7-12/h3-7,11,13-14H,8-10H2,1-2H3. The van der Waals surface area contributed by atoms with Crippen molar-refractivity contribution in [3.05, 3.63) is 35.9 Å². The van der Waals surface area contributed by atoms with Crippen LogP contribution in [0.25, 0.3) is 0 Å². The van der Waals surface area contributed by atoms with E-state index in [1.165, 1.54) is 5.56 Å². The Morgan fingerprint density at radius 2 is 1.87 bits per heavy atom. The molecule has 0 amide bonds. The molecule has 0 fully saturated rings. The minimum atomic E-state index is 0.305. The van der Waals surface area contributed by atoms with Crippen molar-refractivity contribution in [1.82, 2.24) is 0 Å². The predicted octanol–water partition coefficient (Wildman–Crippen LogP) is 3.18. The predicted molar refractivity (Wildman–Crippen MR) is 68.0 cm³/mol. The summed E-state index contributed by atoms with van der Waals surface area (Å²) in [6.07, 6.45) is 0. The van der Waals surface area contributed by atoms with Gasteiger partial charge in [0.25, 0.3) is 0 Å². The van der Waals surface area contributed by atoms with Gasteiger partial charge in [-0.1, -0.05) is 44.2 Å². The van der Waals surface area contributed by atoms with Gasteiger partial charge in [-0.2, -0.15) is 11.8 Å². The van der Waals surface area contributed by atoms with Crippen molar-refractivity contribution in [3.63, 3.8) is 0 Å². The smallest absolute Gasteiger partial charge is 0.0469 e. The Labute approximate surface area is 96.9 Å². The highest BCUT2D eigenvalue weighted by Gasteiger charge is 2.11. The second-order valence-corrected chi connectivity index (χ2v) is 5.22. The summed E-state index contributed by atoms with van der Waals surface area (Å²) in [5.41, 5.74) is 1.36. The summed E-state index contributed by atoms with van der Waals surface area (Å²) >= 11 is 1.91. The van der Waals surface area contributed by atoms with Crippen molar-refractivity contribution in [3.8, 4) is 0 Å². The summed E-state index contributed by atoms with van der Waals surface area (Å²) < 4.78 is 0. The van der Waals surface area contributed by atoms with E-state index in [0.29, 0.717) is 18.4 Å². The van der Waals surface area contributed by atoms with Crippen LogP contribution in [-0.2, 0) is 5.75 Å². The number of hydrogen-bond donors (Lipinski definition) is 1. The van der Waals surface area contributed by atoms with Crippen molar-refractivity contribution < 1.29 is 5.11 Å². The lowest BCUT2D eigenvalue weighted by Crippen LogP contribution is -2.16. The van der Waals surface area contributed by atoms with E-state index in [-0.39, 0.29) is 0 Å². The van der Waals surface area contributed by atoms with Gasteiger partial charge >= 0.3 is 0 Å². The Hall–Kier alpha value is -0.470. The van der Waals surface area contributed by atoms with Gasteiger partial charge in [0.05, 0.1) is 0 Å². The number of rotatable bonds is 6. The minimum absolute atomic E-state index is 0.305. The average molecular weight is 224 g/mol. The van der Waals surface area contributed by atoms with E-state index in [0.717, 1.165) is 11.5 Å². The molecule has 0 saturated carbocycles. The Balaban J connectivity index is 2.27. The van der Waals surface area contributed by atoms with Crippen LogP contribution >= 0.6 is 11.8 Å². The van der Waals surface area contributed by atoms with Crippen molar-refractivity contribution >= 4 is 11.8 Å². The number of benzene rings is 1. The molecule has 1 N–H and O–H groups in total. The summed E-state index contributed by atoms with van der Waals surface area (Å²) in [6, 6.07) is 10.5. The topological polar surface area (TPSA) is 20.2 Å². The first-order valence-electron chi connectivity index (χ1n) is 5.46. The molecule has 0 spiro atoms. The summed E-state index contributed by atoms with van der Waals surface area (Å²) in [5, 5.41) is 9.18. The molecule has 0 aliphatic carbocycles. The van der Waals surface area contributed by atoms with E-state index >= 15 is 0 Å². The van der Waals surface area contributed by atoms with Gasteiger partial charge in [-0.3, -0.25) is 0 Å². The third-order valence-corrected chi connectivity index (χ3v) is 3.82. The average Bonchev–Trinajstić information content (AvgIpc) is 2.25. The number of aliphatic hydroxyl groups is 1. The van der Waals surface area contributed by atoms with Crippen LogP contribution in [0.4, 0.5) is 0 Å². The van der Waals surface area contributed by atoms with Gasteiger partial charge in [-0.15, -0.1) is 0 Å². The third-order valence-electron chi connectivity index (χ3n) is 2.62. The maximum Gasteiger partial charge on any atom is 0.0469 e. The molecule has 2 heteroatoms. The van der Waals surface area contributed by atoms with Gasteiger partial charge in [0.1, 0.15) is 0 Å². The zero-order valence-corrected chi connectivity index (χ0v) is 10.3. The van der Waals surface area contributed by atoms with Crippen LogP contribution in [0.5, 0.6) is 0 Å². The fraction of sp³-hybridized carbons (Fsp3) is 0.538. The van der Waals surface area contributed by atoms with Gasteiger partial charge in [0.2, 0.25) is 0 Å². The Morgan fingerprint density at radius 3 is 2.40 bits per heavy atom. The molecule has 1 nitrogen and oxygen atoms in total. The molecule has 0 aromatic heterocycles. The number of aliphatic hydroxyl groups excluding tert-OH is 1. The first-order valence-corrected chi connectivity index (χ1v) is 6.62. The molecule has 1 aromatic carbocycles. The first-order chi connectivity index (χ1) is 7.24. The number of thioether (sulfide) groups is 1. The summed E-state index contributed by atoms with van der Waals surface area (Å²) in [5.74, 6) is 3.09. The maximum atomic E-state index is 9.18. The van der Waals surface area contributed by atoms with E-state index in [2.05, 4.69) is 38.1 Å². The summed E-state index contributed by atoms with van der Waals surface area (Å²) in [4.78, 5) is 0. The molecule has 1 rings (SSSR count). The SMILES string of the molecule is CC(C)C(CO)CSCc1ccccc1. The molecule has 1 unspecified atom stereocenters. The molecule has 15 heavy (non-hydrogen) atoms. The summed E-state index contributed by atoms with van der Waals surface area (Å²) in [6.45, 7) is 4.65. The molecule has 0 bridgehead atoms. The quantitative estimate of drug-likeness (QED) is 0.801. The zero-order valence-electron chi connectivity index (χ0n) is 9.52. The Kier molecular flexibility index (Phi) is 5.81. The maximum absolute atomic E-state index is 9.18. The lowest BCUT2D eigenvalue weighted by atomic mass is 9.99. The first kappa shape index (κ1) is 12.6. The molecular formula is C13H20OS. The molecule has 0 saturated heterocycles. The van der Waals surface area contributed by atoms with E-state index in [1.54, 1.807) is 0 Å². The van der Waals surface area contributed by atoms with Crippen LogP contribution in [0.3, 0.4) is 0 Å². The van der Waals surface area contributed by atoms with Crippen LogP contribution in [-0.4, -0.2) is 17.5 Å².